The standard InChI is InChI=1S/C18H21N3O4S2/c1-3-27(24,25)20-16-11-7-10-15(12-16)17-13-18(14-8-5-4-6-9-14)21(19-17)26(2,22)23/h4-12,18,20H,3,13H2,1-2H3/t18-/m0/s1. The number of nitrogens with zero attached hydrogens (tertiary/aromatic N) is 2. The van der Waals surface area contributed by atoms with Crippen LogP contribution in [0.15, 0.2) is 59.7 Å². The first-order chi connectivity index (χ1) is 12.7. The third kappa shape index (κ3) is 4.48. The van der Waals surface area contributed by atoms with E-state index in [9.17, 15) is 16.8 Å². The highest BCUT2D eigenvalue weighted by Gasteiger charge is 2.34. The average molecular weight is 408 g/mol. The monoisotopic (exact) mass is 407 g/mol. The van der Waals surface area contributed by atoms with Gasteiger partial charge in [0.2, 0.25) is 20.0 Å². The first-order valence-electron chi connectivity index (χ1n) is 8.42. The Balaban J connectivity index is 1.95. The number of rotatable bonds is 6. The second-order valence-corrected chi connectivity index (χ2v) is 10.2. The fourth-order valence-corrected chi connectivity index (χ4v) is 4.44. The summed E-state index contributed by atoms with van der Waals surface area (Å²) in [6.45, 7) is 1.56. The number of hydrogen-bond donors (Lipinski definition) is 1. The molecule has 0 radical (unpaired) electrons. The molecular formula is C18H21N3O4S2. The Hall–Kier alpha value is -2.39. The molecule has 2 aromatic carbocycles. The second-order valence-electron chi connectivity index (χ2n) is 6.30. The molecule has 9 heteroatoms. The van der Waals surface area contributed by atoms with Gasteiger partial charge in [0.15, 0.2) is 0 Å². The molecule has 0 spiro atoms. The van der Waals surface area contributed by atoms with Crippen LogP contribution in [0, 0.1) is 0 Å². The summed E-state index contributed by atoms with van der Waals surface area (Å²) in [7, 11) is -6.95. The maximum Gasteiger partial charge on any atom is 0.247 e. The molecule has 7 nitrogen and oxygen atoms in total. The van der Waals surface area contributed by atoms with E-state index >= 15 is 0 Å². The Labute approximate surface area is 159 Å². The Morgan fingerprint density at radius 1 is 1.07 bits per heavy atom. The number of sulfonamides is 2. The fraction of sp³-hybridized carbons (Fsp3) is 0.278. The zero-order chi connectivity index (χ0) is 19.7. The van der Waals surface area contributed by atoms with E-state index in [1.807, 2.05) is 30.3 Å². The zero-order valence-electron chi connectivity index (χ0n) is 15.0. The summed E-state index contributed by atoms with van der Waals surface area (Å²) in [5.41, 5.74) is 2.54. The van der Waals surface area contributed by atoms with Crippen molar-refractivity contribution < 1.29 is 16.8 Å². The molecule has 3 rings (SSSR count). The molecule has 0 saturated carbocycles. The van der Waals surface area contributed by atoms with E-state index in [0.29, 0.717) is 23.4 Å². The van der Waals surface area contributed by atoms with Crippen molar-refractivity contribution >= 4 is 31.4 Å². The van der Waals surface area contributed by atoms with Crippen molar-refractivity contribution in [2.45, 2.75) is 19.4 Å². The lowest BCUT2D eigenvalue weighted by molar-refractivity contribution is 0.375. The average Bonchev–Trinajstić information content (AvgIpc) is 3.08. The molecule has 0 aliphatic carbocycles. The van der Waals surface area contributed by atoms with Crippen LogP contribution in [-0.4, -0.2) is 39.0 Å². The van der Waals surface area contributed by atoms with E-state index in [1.165, 1.54) is 0 Å². The van der Waals surface area contributed by atoms with Gasteiger partial charge in [0, 0.05) is 12.1 Å². The molecule has 1 atom stereocenters. The number of hydrogen-bond acceptors (Lipinski definition) is 5. The van der Waals surface area contributed by atoms with Gasteiger partial charge in [-0.3, -0.25) is 4.72 Å². The van der Waals surface area contributed by atoms with E-state index in [-0.39, 0.29) is 5.75 Å². The van der Waals surface area contributed by atoms with Crippen LogP contribution in [0.5, 0.6) is 0 Å². The molecule has 1 N–H and O–H groups in total. The van der Waals surface area contributed by atoms with E-state index < -0.39 is 26.1 Å². The van der Waals surface area contributed by atoms with Crippen LogP contribution in [0.2, 0.25) is 0 Å². The first kappa shape index (κ1) is 19.4. The molecule has 0 aromatic heterocycles. The molecule has 0 fully saturated rings. The van der Waals surface area contributed by atoms with Crippen molar-refractivity contribution in [2.75, 3.05) is 16.7 Å². The van der Waals surface area contributed by atoms with Gasteiger partial charge in [-0.2, -0.15) is 9.52 Å². The Bertz CT molecular complexity index is 1060. The van der Waals surface area contributed by atoms with Crippen molar-refractivity contribution in [3.63, 3.8) is 0 Å². The Morgan fingerprint density at radius 3 is 2.41 bits per heavy atom. The highest BCUT2D eigenvalue weighted by molar-refractivity contribution is 7.92. The van der Waals surface area contributed by atoms with Crippen molar-refractivity contribution in [2.24, 2.45) is 5.10 Å². The lowest BCUT2D eigenvalue weighted by Gasteiger charge is -2.21. The van der Waals surface area contributed by atoms with Crippen molar-refractivity contribution in [1.29, 1.82) is 0 Å². The van der Waals surface area contributed by atoms with Gasteiger partial charge in [-0.05, 0) is 30.2 Å². The van der Waals surface area contributed by atoms with E-state index in [0.717, 1.165) is 16.2 Å². The minimum absolute atomic E-state index is 0.0316. The number of benzene rings is 2. The molecule has 1 heterocycles. The first-order valence-corrected chi connectivity index (χ1v) is 11.9. The smallest absolute Gasteiger partial charge is 0.247 e. The third-order valence-corrected chi connectivity index (χ3v) is 6.57. The van der Waals surface area contributed by atoms with E-state index in [2.05, 4.69) is 9.82 Å². The van der Waals surface area contributed by atoms with E-state index in [1.54, 1.807) is 31.2 Å². The molecule has 0 saturated heterocycles. The van der Waals surface area contributed by atoms with Crippen LogP contribution < -0.4 is 4.72 Å². The van der Waals surface area contributed by atoms with Gasteiger partial charge in [0.1, 0.15) is 0 Å². The summed E-state index contributed by atoms with van der Waals surface area (Å²) in [5.74, 6) is -0.0316. The van der Waals surface area contributed by atoms with Gasteiger partial charge >= 0.3 is 0 Å². The third-order valence-electron chi connectivity index (χ3n) is 4.25. The molecule has 0 bridgehead atoms. The van der Waals surface area contributed by atoms with E-state index in [4.69, 9.17) is 0 Å². The molecule has 27 heavy (non-hydrogen) atoms. The van der Waals surface area contributed by atoms with Crippen LogP contribution in [0.1, 0.15) is 30.5 Å². The number of nitrogens with one attached hydrogen (secondary N) is 1. The van der Waals surface area contributed by atoms with Gasteiger partial charge in [-0.1, -0.05) is 42.5 Å². The van der Waals surface area contributed by atoms with Crippen LogP contribution in [0.4, 0.5) is 5.69 Å². The van der Waals surface area contributed by atoms with Gasteiger partial charge in [-0.15, -0.1) is 0 Å². The van der Waals surface area contributed by atoms with Crippen LogP contribution in [0.25, 0.3) is 0 Å². The SMILES string of the molecule is CCS(=O)(=O)Nc1cccc(C2=NN(S(C)(=O)=O)[C@H](c3ccccc3)C2)c1. The summed E-state index contributed by atoms with van der Waals surface area (Å²) in [5, 5.41) is 4.33. The molecule has 0 unspecified atom stereocenters. The Morgan fingerprint density at radius 2 is 1.78 bits per heavy atom. The van der Waals surface area contributed by atoms with Gasteiger partial charge in [-0.25, -0.2) is 16.8 Å². The molecule has 0 amide bonds. The fourth-order valence-electron chi connectivity index (χ4n) is 2.91. The molecule has 1 aliphatic rings. The summed E-state index contributed by atoms with van der Waals surface area (Å²) in [6.07, 6.45) is 1.53. The topological polar surface area (TPSA) is 95.9 Å². The second kappa shape index (κ2) is 7.32. The lowest BCUT2D eigenvalue weighted by atomic mass is 9.99. The molecule has 1 aliphatic heterocycles. The highest BCUT2D eigenvalue weighted by atomic mass is 32.2. The maximum atomic E-state index is 12.2. The van der Waals surface area contributed by atoms with Crippen LogP contribution in [0.3, 0.4) is 0 Å². The van der Waals surface area contributed by atoms with Gasteiger partial charge in [0.25, 0.3) is 0 Å². The summed E-state index contributed by atoms with van der Waals surface area (Å²) in [4.78, 5) is 0. The molecule has 2 aromatic rings. The minimum Gasteiger partial charge on any atom is -0.284 e. The highest BCUT2D eigenvalue weighted by Crippen LogP contribution is 2.34. The zero-order valence-corrected chi connectivity index (χ0v) is 16.7. The number of anilines is 1. The molecular weight excluding hydrogens is 386 g/mol. The predicted molar refractivity (Wildman–Crippen MR) is 107 cm³/mol. The maximum absolute atomic E-state index is 12.2. The summed E-state index contributed by atoms with van der Waals surface area (Å²) < 4.78 is 51.6. The van der Waals surface area contributed by atoms with Crippen molar-refractivity contribution in [3.05, 3.63) is 65.7 Å². The Kier molecular flexibility index (Phi) is 5.25. The predicted octanol–water partition coefficient (Wildman–Crippen LogP) is 2.56. The number of hydrazone groups is 1. The van der Waals surface area contributed by atoms with Crippen LogP contribution >= 0.6 is 0 Å². The largest absolute Gasteiger partial charge is 0.284 e. The normalized spacial score (nSPS) is 17.6. The quantitative estimate of drug-likeness (QED) is 0.796. The minimum atomic E-state index is -3.55. The van der Waals surface area contributed by atoms with Crippen LogP contribution in [-0.2, 0) is 20.0 Å². The molecule has 144 valence electrons. The summed E-state index contributed by atoms with van der Waals surface area (Å²) >= 11 is 0. The lowest BCUT2D eigenvalue weighted by Crippen LogP contribution is -2.25. The van der Waals surface area contributed by atoms with Crippen molar-refractivity contribution in [1.82, 2.24) is 4.41 Å². The van der Waals surface area contributed by atoms with Gasteiger partial charge in [0.05, 0.1) is 23.8 Å². The van der Waals surface area contributed by atoms with Crippen molar-refractivity contribution in [3.8, 4) is 0 Å². The summed E-state index contributed by atoms with van der Waals surface area (Å²) in [6, 6.07) is 15.7. The van der Waals surface area contributed by atoms with Gasteiger partial charge < -0.3 is 0 Å².